The Hall–Kier alpha value is -1.93. The lowest BCUT2D eigenvalue weighted by molar-refractivity contribution is -0.117. The van der Waals surface area contributed by atoms with Gasteiger partial charge in [0.1, 0.15) is 6.07 Å². The van der Waals surface area contributed by atoms with Crippen LogP contribution in [0.5, 0.6) is 0 Å². The third kappa shape index (κ3) is 1.99. The number of nitriles is 1. The Bertz CT molecular complexity index is 496. The van der Waals surface area contributed by atoms with Crippen LogP contribution in [0, 0.1) is 23.1 Å². The van der Waals surface area contributed by atoms with Crippen molar-refractivity contribution >= 4 is 11.6 Å². The quantitative estimate of drug-likeness (QED) is 0.831. The van der Waals surface area contributed by atoms with Crippen LogP contribution in [-0.2, 0) is 4.79 Å². The molecular weight excluding hydrogens is 223 g/mol. The summed E-state index contributed by atoms with van der Waals surface area (Å²) in [5, 5.41) is 17.7. The number of carbonyl (C=O) groups excluding carboxylic acids is 1. The molecule has 1 fully saturated rings. The first-order valence-electron chi connectivity index (χ1n) is 5.27. The molecule has 1 aromatic rings. The van der Waals surface area contributed by atoms with Crippen LogP contribution in [0.3, 0.4) is 0 Å². The number of anilines is 1. The van der Waals surface area contributed by atoms with E-state index in [9.17, 15) is 9.18 Å². The maximum atomic E-state index is 13.9. The topological polar surface area (TPSA) is 64.3 Å². The van der Waals surface area contributed by atoms with E-state index >= 15 is 0 Å². The molecule has 5 heteroatoms. The smallest absolute Gasteiger partial charge is 0.227 e. The standard InChI is InChI=1S/C12H11FN2O2/c13-12-9(5-14)2-1-3-10(12)15-6-8(7-16)4-11(15)17/h1-3,8,16H,4,6-7H2. The number of aliphatic hydroxyl groups is 1. The van der Waals surface area contributed by atoms with Gasteiger partial charge >= 0.3 is 0 Å². The van der Waals surface area contributed by atoms with Crippen LogP contribution in [0.25, 0.3) is 0 Å². The number of amides is 1. The van der Waals surface area contributed by atoms with Crippen molar-refractivity contribution in [3.63, 3.8) is 0 Å². The second kappa shape index (κ2) is 4.52. The molecule has 0 bridgehead atoms. The molecule has 1 atom stereocenters. The predicted molar refractivity (Wildman–Crippen MR) is 58.7 cm³/mol. The van der Waals surface area contributed by atoms with Gasteiger partial charge in [-0.3, -0.25) is 4.79 Å². The molecule has 1 aliphatic rings. The Morgan fingerprint density at radius 1 is 1.59 bits per heavy atom. The van der Waals surface area contributed by atoms with Gasteiger partial charge in [-0.15, -0.1) is 0 Å². The van der Waals surface area contributed by atoms with E-state index in [0.29, 0.717) is 6.54 Å². The second-order valence-electron chi connectivity index (χ2n) is 4.01. The van der Waals surface area contributed by atoms with Crippen LogP contribution in [0.2, 0.25) is 0 Å². The molecule has 1 aromatic carbocycles. The Balaban J connectivity index is 2.36. The number of aliphatic hydroxyl groups excluding tert-OH is 1. The lowest BCUT2D eigenvalue weighted by Gasteiger charge is -2.17. The molecule has 1 aliphatic heterocycles. The van der Waals surface area contributed by atoms with E-state index < -0.39 is 5.82 Å². The molecule has 0 aromatic heterocycles. The summed E-state index contributed by atoms with van der Waals surface area (Å²) in [5.74, 6) is -1.06. The number of benzene rings is 1. The first kappa shape index (κ1) is 11.6. The van der Waals surface area contributed by atoms with Crippen molar-refractivity contribution < 1.29 is 14.3 Å². The zero-order valence-electron chi connectivity index (χ0n) is 9.06. The van der Waals surface area contributed by atoms with Crippen molar-refractivity contribution in [1.82, 2.24) is 0 Å². The summed E-state index contributed by atoms with van der Waals surface area (Å²) in [4.78, 5) is 12.9. The Kier molecular flexibility index (Phi) is 3.07. The van der Waals surface area contributed by atoms with E-state index in [0.717, 1.165) is 0 Å². The van der Waals surface area contributed by atoms with Crippen LogP contribution < -0.4 is 4.90 Å². The lowest BCUT2D eigenvalue weighted by atomic mass is 10.1. The van der Waals surface area contributed by atoms with Crippen molar-refractivity contribution in [3.05, 3.63) is 29.6 Å². The number of rotatable bonds is 2. The van der Waals surface area contributed by atoms with E-state index in [1.54, 1.807) is 6.07 Å². The van der Waals surface area contributed by atoms with Crippen LogP contribution in [-0.4, -0.2) is 24.2 Å². The highest BCUT2D eigenvalue weighted by Crippen LogP contribution is 2.28. The van der Waals surface area contributed by atoms with E-state index in [2.05, 4.69) is 0 Å². The lowest BCUT2D eigenvalue weighted by Crippen LogP contribution is -2.26. The summed E-state index contributed by atoms with van der Waals surface area (Å²) in [6, 6.07) is 6.11. The minimum absolute atomic E-state index is 0.0808. The summed E-state index contributed by atoms with van der Waals surface area (Å²) in [5.41, 5.74) is 0.0350. The summed E-state index contributed by atoms with van der Waals surface area (Å²) < 4.78 is 13.9. The molecule has 0 radical (unpaired) electrons. The minimum atomic E-state index is -0.679. The van der Waals surface area contributed by atoms with Crippen LogP contribution in [0.4, 0.5) is 10.1 Å². The SMILES string of the molecule is N#Cc1cccc(N2CC(CO)CC2=O)c1F. The van der Waals surface area contributed by atoms with Crippen LogP contribution >= 0.6 is 0 Å². The van der Waals surface area contributed by atoms with Crippen molar-refractivity contribution in [3.8, 4) is 6.07 Å². The fourth-order valence-corrected chi connectivity index (χ4v) is 1.95. The normalized spacial score (nSPS) is 19.5. The molecule has 0 saturated carbocycles. The second-order valence-corrected chi connectivity index (χ2v) is 4.01. The van der Waals surface area contributed by atoms with Crippen molar-refractivity contribution in [2.24, 2.45) is 5.92 Å². The zero-order valence-corrected chi connectivity index (χ0v) is 9.06. The largest absolute Gasteiger partial charge is 0.396 e. The fourth-order valence-electron chi connectivity index (χ4n) is 1.95. The number of nitrogens with zero attached hydrogens (tertiary/aromatic N) is 2. The fraction of sp³-hybridized carbons (Fsp3) is 0.333. The highest BCUT2D eigenvalue weighted by Gasteiger charge is 2.31. The number of carbonyl (C=O) groups is 1. The maximum Gasteiger partial charge on any atom is 0.227 e. The average Bonchev–Trinajstić information content (AvgIpc) is 2.71. The summed E-state index contributed by atoms with van der Waals surface area (Å²) in [6.07, 6.45) is 0.215. The molecule has 1 heterocycles. The molecule has 0 aliphatic carbocycles. The Morgan fingerprint density at radius 3 is 2.94 bits per heavy atom. The van der Waals surface area contributed by atoms with Gasteiger partial charge in [0.15, 0.2) is 5.82 Å². The van der Waals surface area contributed by atoms with Gasteiger partial charge in [0.05, 0.1) is 11.3 Å². The third-order valence-electron chi connectivity index (χ3n) is 2.85. The first-order valence-corrected chi connectivity index (χ1v) is 5.27. The van der Waals surface area contributed by atoms with Gasteiger partial charge in [-0.2, -0.15) is 5.26 Å². The highest BCUT2D eigenvalue weighted by atomic mass is 19.1. The van der Waals surface area contributed by atoms with E-state index in [1.807, 2.05) is 0 Å². The van der Waals surface area contributed by atoms with Crippen LogP contribution in [0.15, 0.2) is 18.2 Å². The molecule has 1 unspecified atom stereocenters. The predicted octanol–water partition coefficient (Wildman–Crippen LogP) is 1.04. The summed E-state index contributed by atoms with van der Waals surface area (Å²) in [7, 11) is 0. The number of hydrogen-bond donors (Lipinski definition) is 1. The van der Waals surface area contributed by atoms with Gasteiger partial charge < -0.3 is 10.0 Å². The van der Waals surface area contributed by atoms with Gasteiger partial charge in [-0.1, -0.05) is 6.07 Å². The van der Waals surface area contributed by atoms with Crippen LogP contribution in [0.1, 0.15) is 12.0 Å². The van der Waals surface area contributed by atoms with Gasteiger partial charge in [-0.05, 0) is 12.1 Å². The van der Waals surface area contributed by atoms with Gasteiger partial charge in [0.25, 0.3) is 0 Å². The molecule has 17 heavy (non-hydrogen) atoms. The molecule has 0 spiro atoms. The van der Waals surface area contributed by atoms with Gasteiger partial charge in [0, 0.05) is 25.5 Å². The highest BCUT2D eigenvalue weighted by molar-refractivity contribution is 5.96. The number of hydrogen-bond acceptors (Lipinski definition) is 3. The van der Waals surface area contributed by atoms with Crippen molar-refractivity contribution in [2.75, 3.05) is 18.1 Å². The van der Waals surface area contributed by atoms with Gasteiger partial charge in [0.2, 0.25) is 5.91 Å². The van der Waals surface area contributed by atoms with E-state index in [1.165, 1.54) is 23.1 Å². The summed E-state index contributed by atoms with van der Waals surface area (Å²) in [6.45, 7) is 0.197. The Labute approximate surface area is 97.9 Å². The van der Waals surface area contributed by atoms with Crippen molar-refractivity contribution in [2.45, 2.75) is 6.42 Å². The summed E-state index contributed by atoms with van der Waals surface area (Å²) >= 11 is 0. The first-order chi connectivity index (χ1) is 8.17. The van der Waals surface area contributed by atoms with E-state index in [4.69, 9.17) is 10.4 Å². The molecular formula is C12H11FN2O2. The maximum absolute atomic E-state index is 13.9. The number of halogens is 1. The third-order valence-corrected chi connectivity index (χ3v) is 2.85. The minimum Gasteiger partial charge on any atom is -0.396 e. The Morgan fingerprint density at radius 2 is 2.35 bits per heavy atom. The average molecular weight is 234 g/mol. The molecule has 2 rings (SSSR count). The molecule has 88 valence electrons. The van der Waals surface area contributed by atoms with Gasteiger partial charge in [-0.25, -0.2) is 4.39 Å². The zero-order chi connectivity index (χ0) is 12.4. The van der Waals surface area contributed by atoms with E-state index in [-0.39, 0.29) is 36.1 Å². The molecule has 1 amide bonds. The molecule has 1 N–H and O–H groups in total. The molecule has 4 nitrogen and oxygen atoms in total. The monoisotopic (exact) mass is 234 g/mol. The van der Waals surface area contributed by atoms with Crippen molar-refractivity contribution in [1.29, 1.82) is 5.26 Å². The molecule has 1 saturated heterocycles.